The molecule has 0 fully saturated rings. The van der Waals surface area contributed by atoms with Gasteiger partial charge in [-0.2, -0.15) is 0 Å². The SMILES string of the molecule is CCCCN/C=C\N(C)CCCCC[n+]1cc[nH]c1. The van der Waals surface area contributed by atoms with Gasteiger partial charge in [-0.05, 0) is 25.7 Å². The maximum atomic E-state index is 3.31. The highest BCUT2D eigenvalue weighted by Crippen LogP contribution is 1.97. The number of hydrogen-bond acceptors (Lipinski definition) is 2. The Hall–Kier alpha value is -1.45. The number of imidazole rings is 1. The second-order valence-electron chi connectivity index (χ2n) is 5.01. The predicted octanol–water partition coefficient (Wildman–Crippen LogP) is 2.27. The third-order valence-corrected chi connectivity index (χ3v) is 3.15. The van der Waals surface area contributed by atoms with Crippen molar-refractivity contribution in [3.8, 4) is 0 Å². The van der Waals surface area contributed by atoms with Crippen molar-refractivity contribution < 1.29 is 4.57 Å². The molecule has 4 nitrogen and oxygen atoms in total. The van der Waals surface area contributed by atoms with Crippen molar-refractivity contribution in [3.63, 3.8) is 0 Å². The van der Waals surface area contributed by atoms with E-state index in [1.54, 1.807) is 0 Å². The molecule has 4 heteroatoms. The van der Waals surface area contributed by atoms with Crippen LogP contribution in [0, 0.1) is 0 Å². The Morgan fingerprint density at radius 2 is 2.16 bits per heavy atom. The molecule has 0 atom stereocenters. The van der Waals surface area contributed by atoms with Crippen LogP contribution in [0.4, 0.5) is 0 Å². The number of nitrogens with one attached hydrogen (secondary N) is 2. The molecule has 0 bridgehead atoms. The Labute approximate surface area is 117 Å². The van der Waals surface area contributed by atoms with E-state index in [9.17, 15) is 0 Å². The first kappa shape index (κ1) is 15.6. The van der Waals surface area contributed by atoms with Crippen LogP contribution in [0.1, 0.15) is 39.0 Å². The molecule has 1 heterocycles. The summed E-state index contributed by atoms with van der Waals surface area (Å²) in [7, 11) is 2.14. The highest BCUT2D eigenvalue weighted by molar-refractivity contribution is 4.78. The molecule has 0 aliphatic carbocycles. The molecule has 0 saturated carbocycles. The van der Waals surface area contributed by atoms with Crippen LogP contribution in [0.2, 0.25) is 0 Å². The van der Waals surface area contributed by atoms with Gasteiger partial charge < -0.3 is 10.2 Å². The summed E-state index contributed by atoms with van der Waals surface area (Å²) in [6, 6.07) is 0. The van der Waals surface area contributed by atoms with Crippen molar-refractivity contribution in [2.75, 3.05) is 20.1 Å². The molecule has 1 rings (SSSR count). The van der Waals surface area contributed by atoms with Crippen molar-refractivity contribution >= 4 is 0 Å². The summed E-state index contributed by atoms with van der Waals surface area (Å²) in [4.78, 5) is 5.32. The second-order valence-corrected chi connectivity index (χ2v) is 5.01. The molecule has 0 aromatic carbocycles. The first-order valence-electron chi connectivity index (χ1n) is 7.45. The fraction of sp³-hybridized carbons (Fsp3) is 0.667. The smallest absolute Gasteiger partial charge is 0.241 e. The van der Waals surface area contributed by atoms with Crippen molar-refractivity contribution in [1.29, 1.82) is 0 Å². The van der Waals surface area contributed by atoms with Crippen LogP contribution in [-0.4, -0.2) is 30.0 Å². The highest BCUT2D eigenvalue weighted by atomic mass is 15.1. The molecule has 1 aromatic rings. The molecule has 19 heavy (non-hydrogen) atoms. The fourth-order valence-electron chi connectivity index (χ4n) is 1.91. The van der Waals surface area contributed by atoms with E-state index in [4.69, 9.17) is 0 Å². The summed E-state index contributed by atoms with van der Waals surface area (Å²) < 4.78 is 2.20. The van der Waals surface area contributed by atoms with E-state index in [-0.39, 0.29) is 0 Å². The third-order valence-electron chi connectivity index (χ3n) is 3.15. The second kappa shape index (κ2) is 10.5. The molecule has 0 aliphatic heterocycles. The maximum Gasteiger partial charge on any atom is 0.241 e. The van der Waals surface area contributed by atoms with Gasteiger partial charge in [0.2, 0.25) is 6.33 Å². The number of nitrogens with zero attached hydrogens (tertiary/aromatic N) is 2. The Bertz CT molecular complexity index is 319. The number of aryl methyl sites for hydroxylation is 1. The number of H-pyrrole nitrogens is 1. The Kier molecular flexibility index (Phi) is 8.60. The van der Waals surface area contributed by atoms with E-state index in [0.29, 0.717) is 0 Å². The highest BCUT2D eigenvalue weighted by Gasteiger charge is 1.97. The fourth-order valence-corrected chi connectivity index (χ4v) is 1.91. The summed E-state index contributed by atoms with van der Waals surface area (Å²) in [6.07, 6.45) is 16.5. The topological polar surface area (TPSA) is 34.9 Å². The van der Waals surface area contributed by atoms with E-state index in [2.05, 4.69) is 52.3 Å². The number of unbranched alkanes of at least 4 members (excludes halogenated alkanes) is 3. The standard InChI is InChI=1S/C15H28N4/c1-3-4-8-16-9-13-18(2)11-6-5-7-12-19-14-10-17-15-19/h9-10,13-16H,3-8,11-12H2,1-2H3/p+1/b13-9-. The van der Waals surface area contributed by atoms with Crippen molar-refractivity contribution in [2.24, 2.45) is 0 Å². The van der Waals surface area contributed by atoms with Crippen LogP contribution < -0.4 is 9.88 Å². The lowest BCUT2D eigenvalue weighted by Gasteiger charge is -2.13. The van der Waals surface area contributed by atoms with Crippen molar-refractivity contribution in [1.82, 2.24) is 15.2 Å². The third kappa shape index (κ3) is 8.30. The molecule has 0 aliphatic rings. The summed E-state index contributed by atoms with van der Waals surface area (Å²) in [5, 5.41) is 3.31. The summed E-state index contributed by atoms with van der Waals surface area (Å²) in [5.74, 6) is 0. The number of rotatable bonds is 11. The molecule has 0 saturated heterocycles. The average molecular weight is 265 g/mol. The van der Waals surface area contributed by atoms with Crippen LogP contribution in [0.3, 0.4) is 0 Å². The van der Waals surface area contributed by atoms with Gasteiger partial charge in [-0.1, -0.05) is 13.3 Å². The Morgan fingerprint density at radius 3 is 2.89 bits per heavy atom. The first-order chi connectivity index (χ1) is 9.33. The Balaban J connectivity index is 1.93. The molecule has 1 aromatic heterocycles. The van der Waals surface area contributed by atoms with Gasteiger partial charge in [0, 0.05) is 32.5 Å². The van der Waals surface area contributed by atoms with Gasteiger partial charge in [0.05, 0.1) is 6.54 Å². The van der Waals surface area contributed by atoms with Gasteiger partial charge in [0.1, 0.15) is 12.4 Å². The lowest BCUT2D eigenvalue weighted by molar-refractivity contribution is -0.696. The van der Waals surface area contributed by atoms with E-state index in [1.165, 1.54) is 32.1 Å². The van der Waals surface area contributed by atoms with Gasteiger partial charge in [0.15, 0.2) is 0 Å². The van der Waals surface area contributed by atoms with Gasteiger partial charge in [-0.3, -0.25) is 4.98 Å². The van der Waals surface area contributed by atoms with E-state index >= 15 is 0 Å². The van der Waals surface area contributed by atoms with Crippen molar-refractivity contribution in [2.45, 2.75) is 45.6 Å². The number of aromatic nitrogens is 2. The quantitative estimate of drug-likeness (QED) is 0.475. The molecule has 0 radical (unpaired) electrons. The molecular formula is C15H29N4+. The van der Waals surface area contributed by atoms with Crippen LogP contribution in [0.15, 0.2) is 31.1 Å². The van der Waals surface area contributed by atoms with Crippen LogP contribution >= 0.6 is 0 Å². The van der Waals surface area contributed by atoms with E-state index in [1.807, 2.05) is 12.5 Å². The minimum absolute atomic E-state index is 1.08. The van der Waals surface area contributed by atoms with Crippen LogP contribution in [-0.2, 0) is 6.54 Å². The summed E-state index contributed by atoms with van der Waals surface area (Å²) in [5.41, 5.74) is 0. The average Bonchev–Trinajstić information content (AvgIpc) is 2.91. The summed E-state index contributed by atoms with van der Waals surface area (Å²) >= 11 is 0. The lowest BCUT2D eigenvalue weighted by Crippen LogP contribution is -2.30. The minimum Gasteiger partial charge on any atom is -0.390 e. The van der Waals surface area contributed by atoms with E-state index < -0.39 is 0 Å². The molecule has 2 N–H and O–H groups in total. The van der Waals surface area contributed by atoms with Gasteiger partial charge in [0.25, 0.3) is 0 Å². The van der Waals surface area contributed by atoms with Gasteiger partial charge in [-0.25, -0.2) is 4.57 Å². The van der Waals surface area contributed by atoms with Crippen LogP contribution in [0.25, 0.3) is 0 Å². The predicted molar refractivity (Wildman–Crippen MR) is 79.5 cm³/mol. The Morgan fingerprint density at radius 1 is 1.26 bits per heavy atom. The van der Waals surface area contributed by atoms with Crippen LogP contribution in [0.5, 0.6) is 0 Å². The van der Waals surface area contributed by atoms with Gasteiger partial charge >= 0.3 is 0 Å². The van der Waals surface area contributed by atoms with Crippen molar-refractivity contribution in [3.05, 3.63) is 31.1 Å². The normalized spacial score (nSPS) is 11.1. The first-order valence-corrected chi connectivity index (χ1v) is 7.45. The molecular weight excluding hydrogens is 236 g/mol. The maximum absolute atomic E-state index is 3.31. The zero-order chi connectivity index (χ0) is 13.8. The summed E-state index contributed by atoms with van der Waals surface area (Å²) in [6.45, 7) is 5.53. The monoisotopic (exact) mass is 265 g/mol. The molecule has 0 spiro atoms. The number of hydrogen-bond donors (Lipinski definition) is 2. The molecule has 108 valence electrons. The zero-order valence-corrected chi connectivity index (χ0v) is 12.4. The number of aromatic amines is 1. The van der Waals surface area contributed by atoms with E-state index in [0.717, 1.165) is 19.6 Å². The zero-order valence-electron chi connectivity index (χ0n) is 12.4. The van der Waals surface area contributed by atoms with Gasteiger partial charge in [-0.15, -0.1) is 0 Å². The molecule has 0 amide bonds. The molecule has 0 unspecified atom stereocenters. The largest absolute Gasteiger partial charge is 0.390 e. The lowest BCUT2D eigenvalue weighted by atomic mass is 10.2. The minimum atomic E-state index is 1.08.